The van der Waals surface area contributed by atoms with Crippen molar-refractivity contribution in [3.8, 4) is 0 Å². The molecule has 0 unspecified atom stereocenters. The lowest BCUT2D eigenvalue weighted by atomic mass is 10.2. The van der Waals surface area contributed by atoms with E-state index in [1.165, 1.54) is 0 Å². The fourth-order valence-electron chi connectivity index (χ4n) is 3.08. The van der Waals surface area contributed by atoms with Crippen LogP contribution in [0, 0.1) is 6.92 Å². The number of hydrogen-bond donors (Lipinski definition) is 1. The molecule has 0 aliphatic carbocycles. The van der Waals surface area contributed by atoms with Gasteiger partial charge in [0.05, 0.1) is 0 Å². The minimum absolute atomic E-state index is 0.0597. The van der Waals surface area contributed by atoms with Crippen LogP contribution < -0.4 is 10.2 Å². The Kier molecular flexibility index (Phi) is 6.70. The van der Waals surface area contributed by atoms with Gasteiger partial charge >= 0.3 is 0 Å². The molecule has 0 aromatic carbocycles. The Morgan fingerprint density at radius 1 is 1.14 bits per heavy atom. The van der Waals surface area contributed by atoms with E-state index < -0.39 is 0 Å². The Labute approximate surface area is 165 Å². The second kappa shape index (κ2) is 9.41. The second-order valence-electron chi connectivity index (χ2n) is 7.13. The molecular formula is C19H28N8O. The van der Waals surface area contributed by atoms with E-state index in [9.17, 15) is 4.79 Å². The third-order valence-electron chi connectivity index (χ3n) is 4.54. The highest BCUT2D eigenvalue weighted by Crippen LogP contribution is 2.13. The van der Waals surface area contributed by atoms with Crippen LogP contribution in [0.5, 0.6) is 0 Å². The van der Waals surface area contributed by atoms with Crippen molar-refractivity contribution in [1.29, 1.82) is 0 Å². The summed E-state index contributed by atoms with van der Waals surface area (Å²) in [5, 5.41) is 3.22. The monoisotopic (exact) mass is 384 g/mol. The molecule has 0 saturated carbocycles. The molecule has 1 aliphatic heterocycles. The van der Waals surface area contributed by atoms with Gasteiger partial charge in [-0.15, -0.1) is 0 Å². The third kappa shape index (κ3) is 5.35. The molecule has 0 atom stereocenters. The molecule has 2 aromatic heterocycles. The number of aryl methyl sites for hydroxylation is 1. The van der Waals surface area contributed by atoms with Crippen LogP contribution in [0.1, 0.15) is 22.6 Å². The maximum atomic E-state index is 12.9. The largest absolute Gasteiger partial charge is 0.354 e. The topological polar surface area (TPSA) is 90.4 Å². The standard InChI is InChI=1S/C19H28N8O/c1-15-14-16(24-18(23-15)20-8-5-9-25(2)3)17(28)26-10-12-27(13-11-26)19-21-6-4-7-22-19/h4,6-7,14H,5,8-13H2,1-3H3,(H,20,23,24). The summed E-state index contributed by atoms with van der Waals surface area (Å²) in [6.07, 6.45) is 4.45. The van der Waals surface area contributed by atoms with E-state index >= 15 is 0 Å². The van der Waals surface area contributed by atoms with Gasteiger partial charge in [-0.1, -0.05) is 0 Å². The molecule has 0 bridgehead atoms. The molecule has 1 saturated heterocycles. The number of carbonyl (C=O) groups excluding carboxylic acids is 1. The zero-order chi connectivity index (χ0) is 19.9. The van der Waals surface area contributed by atoms with Gasteiger partial charge < -0.3 is 20.0 Å². The zero-order valence-corrected chi connectivity index (χ0v) is 16.8. The van der Waals surface area contributed by atoms with Gasteiger partial charge in [0.25, 0.3) is 5.91 Å². The average molecular weight is 384 g/mol. The lowest BCUT2D eigenvalue weighted by molar-refractivity contribution is 0.0740. The number of nitrogens with one attached hydrogen (secondary N) is 1. The second-order valence-corrected chi connectivity index (χ2v) is 7.13. The van der Waals surface area contributed by atoms with E-state index in [1.807, 2.05) is 25.9 Å². The number of rotatable bonds is 7. The number of hydrogen-bond acceptors (Lipinski definition) is 8. The summed E-state index contributed by atoms with van der Waals surface area (Å²) in [4.78, 5) is 36.4. The van der Waals surface area contributed by atoms with Crippen LogP contribution in [0.4, 0.5) is 11.9 Å². The van der Waals surface area contributed by atoms with Gasteiger partial charge in [-0.05, 0) is 46.1 Å². The summed E-state index contributed by atoms with van der Waals surface area (Å²) < 4.78 is 0. The predicted octanol–water partition coefficient (Wildman–Crippen LogP) is 0.901. The van der Waals surface area contributed by atoms with E-state index in [2.05, 4.69) is 35.1 Å². The first-order valence-electron chi connectivity index (χ1n) is 9.58. The van der Waals surface area contributed by atoms with Crippen molar-refractivity contribution in [2.24, 2.45) is 0 Å². The molecule has 1 fully saturated rings. The summed E-state index contributed by atoms with van der Waals surface area (Å²) in [5.74, 6) is 1.16. The molecule has 2 aromatic rings. The van der Waals surface area contributed by atoms with Crippen molar-refractivity contribution in [2.45, 2.75) is 13.3 Å². The van der Waals surface area contributed by atoms with Crippen LogP contribution in [-0.4, -0.2) is 89.0 Å². The minimum atomic E-state index is -0.0597. The lowest BCUT2D eigenvalue weighted by Gasteiger charge is -2.34. The molecular weight excluding hydrogens is 356 g/mol. The van der Waals surface area contributed by atoms with Crippen LogP contribution in [0.3, 0.4) is 0 Å². The normalized spacial score (nSPS) is 14.4. The summed E-state index contributed by atoms with van der Waals surface area (Å²) in [7, 11) is 4.09. The van der Waals surface area contributed by atoms with Crippen molar-refractivity contribution >= 4 is 17.8 Å². The molecule has 28 heavy (non-hydrogen) atoms. The Morgan fingerprint density at radius 2 is 1.86 bits per heavy atom. The van der Waals surface area contributed by atoms with Gasteiger partial charge in [0.2, 0.25) is 11.9 Å². The summed E-state index contributed by atoms with van der Waals surface area (Å²) >= 11 is 0. The molecule has 3 heterocycles. The number of amides is 1. The fraction of sp³-hybridized carbons (Fsp3) is 0.526. The number of nitrogens with zero attached hydrogens (tertiary/aromatic N) is 7. The van der Waals surface area contributed by atoms with E-state index in [0.717, 1.165) is 25.2 Å². The highest BCUT2D eigenvalue weighted by molar-refractivity contribution is 5.92. The Hall–Kier alpha value is -2.81. The highest BCUT2D eigenvalue weighted by atomic mass is 16.2. The van der Waals surface area contributed by atoms with Gasteiger partial charge in [0.15, 0.2) is 0 Å². The first-order chi connectivity index (χ1) is 13.5. The number of piperazine rings is 1. The molecule has 1 amide bonds. The van der Waals surface area contributed by atoms with Crippen LogP contribution in [0.2, 0.25) is 0 Å². The van der Waals surface area contributed by atoms with Crippen LogP contribution >= 0.6 is 0 Å². The lowest BCUT2D eigenvalue weighted by Crippen LogP contribution is -2.49. The maximum Gasteiger partial charge on any atom is 0.272 e. The maximum absolute atomic E-state index is 12.9. The Morgan fingerprint density at radius 3 is 2.54 bits per heavy atom. The molecule has 9 heteroatoms. The zero-order valence-electron chi connectivity index (χ0n) is 16.8. The van der Waals surface area contributed by atoms with Crippen molar-refractivity contribution in [1.82, 2.24) is 29.7 Å². The Bertz CT molecular complexity index is 775. The molecule has 9 nitrogen and oxygen atoms in total. The Balaban J connectivity index is 1.58. The van der Waals surface area contributed by atoms with E-state index in [-0.39, 0.29) is 5.91 Å². The SMILES string of the molecule is Cc1cc(C(=O)N2CCN(c3ncccn3)CC2)nc(NCCCN(C)C)n1. The number of aromatic nitrogens is 4. The predicted molar refractivity (Wildman–Crippen MR) is 109 cm³/mol. The van der Waals surface area contributed by atoms with Crippen molar-refractivity contribution in [3.05, 3.63) is 35.9 Å². The van der Waals surface area contributed by atoms with E-state index in [4.69, 9.17) is 0 Å². The van der Waals surface area contributed by atoms with Gasteiger partial charge in [-0.25, -0.2) is 19.9 Å². The van der Waals surface area contributed by atoms with Crippen molar-refractivity contribution in [3.63, 3.8) is 0 Å². The quantitative estimate of drug-likeness (QED) is 0.704. The molecule has 0 spiro atoms. The van der Waals surface area contributed by atoms with Crippen molar-refractivity contribution in [2.75, 3.05) is 63.6 Å². The molecule has 1 N–H and O–H groups in total. The molecule has 3 rings (SSSR count). The van der Waals surface area contributed by atoms with Gasteiger partial charge in [0, 0.05) is 50.8 Å². The molecule has 0 radical (unpaired) electrons. The average Bonchev–Trinajstić information content (AvgIpc) is 2.71. The van der Waals surface area contributed by atoms with Gasteiger partial charge in [-0.2, -0.15) is 0 Å². The summed E-state index contributed by atoms with van der Waals surface area (Å²) in [5.41, 5.74) is 1.22. The van der Waals surface area contributed by atoms with Crippen LogP contribution in [0.25, 0.3) is 0 Å². The van der Waals surface area contributed by atoms with Gasteiger partial charge in [0.1, 0.15) is 5.69 Å². The first kappa shape index (κ1) is 19.9. The summed E-state index contributed by atoms with van der Waals surface area (Å²) in [6.45, 7) is 6.28. The van der Waals surface area contributed by atoms with Gasteiger partial charge in [-0.3, -0.25) is 4.79 Å². The minimum Gasteiger partial charge on any atom is -0.354 e. The summed E-state index contributed by atoms with van der Waals surface area (Å²) in [6, 6.07) is 3.55. The fourth-order valence-corrected chi connectivity index (χ4v) is 3.08. The van der Waals surface area contributed by atoms with Crippen molar-refractivity contribution < 1.29 is 4.79 Å². The number of anilines is 2. The number of carbonyl (C=O) groups is 1. The van der Waals surface area contributed by atoms with Crippen LogP contribution in [-0.2, 0) is 0 Å². The highest BCUT2D eigenvalue weighted by Gasteiger charge is 2.24. The van der Waals surface area contributed by atoms with E-state index in [1.54, 1.807) is 24.5 Å². The third-order valence-corrected chi connectivity index (χ3v) is 4.54. The first-order valence-corrected chi connectivity index (χ1v) is 9.58. The van der Waals surface area contributed by atoms with Crippen LogP contribution in [0.15, 0.2) is 24.5 Å². The molecule has 1 aliphatic rings. The smallest absolute Gasteiger partial charge is 0.272 e. The van der Waals surface area contributed by atoms with E-state index in [0.29, 0.717) is 43.8 Å². The molecule has 150 valence electrons.